The van der Waals surface area contributed by atoms with Gasteiger partial charge < -0.3 is 19.9 Å². The first-order chi connectivity index (χ1) is 14.1. The maximum absolute atomic E-state index is 6.11. The van der Waals surface area contributed by atoms with Crippen molar-refractivity contribution in [2.24, 2.45) is 0 Å². The highest BCUT2D eigenvalue weighted by molar-refractivity contribution is 5.91. The molecule has 0 spiro atoms. The van der Waals surface area contributed by atoms with Crippen LogP contribution in [0.3, 0.4) is 0 Å². The zero-order valence-electron chi connectivity index (χ0n) is 16.7. The van der Waals surface area contributed by atoms with Gasteiger partial charge in [-0.05, 0) is 35.2 Å². The first-order valence-corrected chi connectivity index (χ1v) is 9.30. The molecule has 0 saturated heterocycles. The van der Waals surface area contributed by atoms with Crippen LogP contribution >= 0.6 is 0 Å². The maximum Gasteiger partial charge on any atom is 0.161 e. The largest absolute Gasteiger partial charge is 0.493 e. The Morgan fingerprint density at radius 2 is 1.69 bits per heavy atom. The molecule has 0 atom stereocenters. The molecular formula is C23H23N3O3. The van der Waals surface area contributed by atoms with Crippen LogP contribution in [0.2, 0.25) is 0 Å². The third-order valence-electron chi connectivity index (χ3n) is 5.02. The Bertz CT molecular complexity index is 1190. The number of para-hydroxylation sites is 1. The van der Waals surface area contributed by atoms with E-state index in [0.29, 0.717) is 30.2 Å². The molecule has 0 fully saturated rings. The fourth-order valence-electron chi connectivity index (χ4n) is 3.57. The van der Waals surface area contributed by atoms with Crippen molar-refractivity contribution >= 4 is 27.4 Å². The lowest BCUT2D eigenvalue weighted by Gasteiger charge is -2.14. The quantitative estimate of drug-likeness (QED) is 0.500. The summed E-state index contributed by atoms with van der Waals surface area (Å²) < 4.78 is 16.3. The Morgan fingerprint density at radius 3 is 2.41 bits per heavy atom. The van der Waals surface area contributed by atoms with Crippen LogP contribution in [0.5, 0.6) is 11.5 Å². The number of nitrogens with zero attached hydrogens (tertiary/aromatic N) is 2. The van der Waals surface area contributed by atoms with E-state index >= 15 is 0 Å². The van der Waals surface area contributed by atoms with Crippen molar-refractivity contribution in [1.82, 2.24) is 9.97 Å². The number of rotatable bonds is 6. The number of hydrogen-bond acceptors (Lipinski definition) is 6. The van der Waals surface area contributed by atoms with Gasteiger partial charge in [0.1, 0.15) is 0 Å². The van der Waals surface area contributed by atoms with Crippen LogP contribution in [-0.4, -0.2) is 31.3 Å². The van der Waals surface area contributed by atoms with E-state index in [9.17, 15) is 0 Å². The minimum absolute atomic E-state index is 0.414. The molecule has 0 aliphatic carbocycles. The monoisotopic (exact) mass is 389 g/mol. The van der Waals surface area contributed by atoms with Crippen LogP contribution in [-0.2, 0) is 17.8 Å². The maximum atomic E-state index is 6.11. The zero-order chi connectivity index (χ0) is 20.4. The summed E-state index contributed by atoms with van der Waals surface area (Å²) in [6.07, 6.45) is 2.50. The first kappa shape index (κ1) is 19.0. The molecule has 4 aromatic rings. The fraction of sp³-hybridized carbons (Fsp3) is 0.217. The molecule has 0 aliphatic rings. The molecule has 0 radical (unpaired) electrons. The Kier molecular flexibility index (Phi) is 5.18. The Hall–Kier alpha value is -3.38. The molecule has 2 N–H and O–H groups in total. The van der Waals surface area contributed by atoms with Crippen molar-refractivity contribution < 1.29 is 14.2 Å². The van der Waals surface area contributed by atoms with E-state index in [1.54, 1.807) is 21.3 Å². The van der Waals surface area contributed by atoms with Gasteiger partial charge in [-0.2, -0.15) is 0 Å². The van der Waals surface area contributed by atoms with Gasteiger partial charge in [0.2, 0.25) is 0 Å². The van der Waals surface area contributed by atoms with Gasteiger partial charge in [-0.1, -0.05) is 18.2 Å². The molecule has 2 heterocycles. The lowest BCUT2D eigenvalue weighted by molar-refractivity contribution is 0.182. The molecule has 6 heteroatoms. The van der Waals surface area contributed by atoms with Gasteiger partial charge in [-0.15, -0.1) is 0 Å². The lowest BCUT2D eigenvalue weighted by atomic mass is 10.00. The van der Waals surface area contributed by atoms with Gasteiger partial charge >= 0.3 is 0 Å². The molecule has 148 valence electrons. The van der Waals surface area contributed by atoms with E-state index in [1.165, 1.54) is 0 Å². The number of fused-ring (bicyclic) bond motifs is 2. The highest BCUT2D eigenvalue weighted by atomic mass is 16.5. The normalized spacial score (nSPS) is 11.1. The molecule has 0 bridgehead atoms. The molecule has 0 amide bonds. The number of benzene rings is 2. The number of aromatic nitrogens is 2. The van der Waals surface area contributed by atoms with Crippen LogP contribution in [0.25, 0.3) is 21.7 Å². The predicted molar refractivity (Wildman–Crippen MR) is 115 cm³/mol. The summed E-state index contributed by atoms with van der Waals surface area (Å²) in [7, 11) is 4.92. The van der Waals surface area contributed by atoms with Crippen molar-refractivity contribution in [3.63, 3.8) is 0 Å². The standard InChI is InChI=1S/C23H23N3O3/c1-27-13-20-18-11-22(29-3)21(28-2)10-17(18)15(12-25-20)9-16-8-7-14-5-4-6-19(24)23(14)26-16/h4-8,10-12H,9,13,24H2,1-3H3. The van der Waals surface area contributed by atoms with Crippen LogP contribution in [0.4, 0.5) is 5.69 Å². The van der Waals surface area contributed by atoms with Gasteiger partial charge in [0.15, 0.2) is 11.5 Å². The van der Waals surface area contributed by atoms with Crippen molar-refractivity contribution in [3.8, 4) is 11.5 Å². The minimum atomic E-state index is 0.414. The van der Waals surface area contributed by atoms with Crippen molar-refractivity contribution in [2.75, 3.05) is 27.1 Å². The van der Waals surface area contributed by atoms with E-state index < -0.39 is 0 Å². The third-order valence-corrected chi connectivity index (χ3v) is 5.02. The van der Waals surface area contributed by atoms with Crippen molar-refractivity contribution in [1.29, 1.82) is 0 Å². The number of nitrogens with two attached hydrogens (primary N) is 1. The van der Waals surface area contributed by atoms with Crippen molar-refractivity contribution in [2.45, 2.75) is 13.0 Å². The Balaban J connectivity index is 1.85. The third kappa shape index (κ3) is 3.54. The van der Waals surface area contributed by atoms with Gasteiger partial charge in [-0.25, -0.2) is 0 Å². The lowest BCUT2D eigenvalue weighted by Crippen LogP contribution is -2.01. The topological polar surface area (TPSA) is 79.5 Å². The fourth-order valence-corrected chi connectivity index (χ4v) is 3.57. The molecule has 0 saturated carbocycles. The van der Waals surface area contributed by atoms with Gasteiger partial charge in [0.25, 0.3) is 0 Å². The number of anilines is 1. The summed E-state index contributed by atoms with van der Waals surface area (Å²) in [5.74, 6) is 1.33. The molecule has 2 aromatic heterocycles. The molecule has 6 nitrogen and oxygen atoms in total. The van der Waals surface area contributed by atoms with Crippen LogP contribution in [0.15, 0.2) is 48.7 Å². The highest BCUT2D eigenvalue weighted by Crippen LogP contribution is 2.35. The number of ether oxygens (including phenoxy) is 3. The summed E-state index contributed by atoms with van der Waals surface area (Å²) in [6.45, 7) is 0.414. The molecule has 0 unspecified atom stereocenters. The molecule has 4 rings (SSSR count). The number of methoxy groups -OCH3 is 3. The zero-order valence-corrected chi connectivity index (χ0v) is 16.7. The molecular weight excluding hydrogens is 366 g/mol. The minimum Gasteiger partial charge on any atom is -0.493 e. The average molecular weight is 389 g/mol. The van der Waals surface area contributed by atoms with E-state index in [2.05, 4.69) is 4.98 Å². The Morgan fingerprint density at radius 1 is 0.931 bits per heavy atom. The van der Waals surface area contributed by atoms with E-state index in [0.717, 1.165) is 38.6 Å². The number of hydrogen-bond donors (Lipinski definition) is 1. The smallest absolute Gasteiger partial charge is 0.161 e. The second-order valence-corrected chi connectivity index (χ2v) is 6.81. The molecule has 29 heavy (non-hydrogen) atoms. The van der Waals surface area contributed by atoms with Crippen LogP contribution < -0.4 is 15.2 Å². The summed E-state index contributed by atoms with van der Waals surface area (Å²) >= 11 is 0. The summed E-state index contributed by atoms with van der Waals surface area (Å²) in [6, 6.07) is 13.8. The highest BCUT2D eigenvalue weighted by Gasteiger charge is 2.14. The summed E-state index contributed by atoms with van der Waals surface area (Å²) in [5.41, 5.74) is 10.4. The second-order valence-electron chi connectivity index (χ2n) is 6.81. The Labute approximate surface area is 169 Å². The van der Waals surface area contributed by atoms with Crippen molar-refractivity contribution in [3.05, 3.63) is 65.6 Å². The van der Waals surface area contributed by atoms with Crippen LogP contribution in [0.1, 0.15) is 17.0 Å². The van der Waals surface area contributed by atoms with Gasteiger partial charge in [-0.3, -0.25) is 9.97 Å². The SMILES string of the molecule is COCc1ncc(Cc2ccc3cccc(N)c3n2)c2cc(OC)c(OC)cc12. The van der Waals surface area contributed by atoms with Crippen LogP contribution in [0, 0.1) is 0 Å². The van der Waals surface area contributed by atoms with Gasteiger partial charge in [0.05, 0.1) is 37.7 Å². The predicted octanol–water partition coefficient (Wildman–Crippen LogP) is 4.12. The van der Waals surface area contributed by atoms with Gasteiger partial charge in [0, 0.05) is 36.2 Å². The van der Waals surface area contributed by atoms with E-state index in [4.69, 9.17) is 24.9 Å². The number of pyridine rings is 2. The molecule has 2 aromatic carbocycles. The summed E-state index contributed by atoms with van der Waals surface area (Å²) in [5, 5.41) is 3.04. The molecule has 0 aliphatic heterocycles. The summed E-state index contributed by atoms with van der Waals surface area (Å²) in [4.78, 5) is 9.41. The first-order valence-electron chi connectivity index (χ1n) is 9.30. The number of nitrogen functional groups attached to an aromatic ring is 1. The van der Waals surface area contributed by atoms with E-state index in [-0.39, 0.29) is 0 Å². The second kappa shape index (κ2) is 7.93. The van der Waals surface area contributed by atoms with E-state index in [1.807, 2.05) is 48.7 Å². The average Bonchev–Trinajstić information content (AvgIpc) is 2.75.